The Bertz CT molecular complexity index is 1380. The smallest absolute Gasteiger partial charge is 0.162 e. The first-order chi connectivity index (χ1) is 19.4. The van der Waals surface area contributed by atoms with Crippen molar-refractivity contribution in [2.24, 2.45) is 10.8 Å². The molecule has 0 radical (unpaired) electrons. The zero-order valence-electron chi connectivity index (χ0n) is 24.6. The Morgan fingerprint density at radius 2 is 1.49 bits per heavy atom. The third kappa shape index (κ3) is 6.28. The normalized spacial score (nSPS) is 20.3. The molecule has 0 atom stereocenters. The second kappa shape index (κ2) is 11.8. The van der Waals surface area contributed by atoms with Crippen LogP contribution in [-0.4, -0.2) is 36.7 Å². The summed E-state index contributed by atoms with van der Waals surface area (Å²) >= 11 is 7.31. The van der Waals surface area contributed by atoms with Gasteiger partial charge < -0.3 is 14.4 Å². The van der Waals surface area contributed by atoms with Gasteiger partial charge in [-0.15, -0.1) is 0 Å². The fourth-order valence-corrected chi connectivity index (χ4v) is 7.42. The molecule has 2 aliphatic carbocycles. The summed E-state index contributed by atoms with van der Waals surface area (Å²) in [4.78, 5) is 30.6. The monoisotopic (exact) mass is 683 g/mol. The molecule has 0 unspecified atom stereocenters. The molecule has 1 heterocycles. The molecule has 5 nitrogen and oxygen atoms in total. The molecule has 218 valence electrons. The molecular weight excluding hydrogens is 646 g/mol. The lowest BCUT2D eigenvalue weighted by atomic mass is 9.63. The average molecular weight is 685 g/mol. The van der Waals surface area contributed by atoms with Crippen molar-refractivity contribution >= 4 is 43.4 Å². The average Bonchev–Trinajstić information content (AvgIpc) is 2.88. The second-order valence-corrected chi connectivity index (χ2v) is 14.9. The molecule has 7 heteroatoms. The zero-order chi connectivity index (χ0) is 29.5. The van der Waals surface area contributed by atoms with Crippen molar-refractivity contribution in [3.8, 4) is 5.75 Å². The van der Waals surface area contributed by atoms with E-state index in [1.807, 2.05) is 42.5 Å². The van der Waals surface area contributed by atoms with Crippen LogP contribution >= 0.6 is 31.9 Å². The highest BCUT2D eigenvalue weighted by Gasteiger charge is 2.49. The lowest BCUT2D eigenvalue weighted by Crippen LogP contribution is -2.45. The van der Waals surface area contributed by atoms with Crippen LogP contribution in [0.4, 0.5) is 0 Å². The Balaban J connectivity index is 1.69. The molecule has 5 rings (SSSR count). The van der Waals surface area contributed by atoms with Crippen LogP contribution in [-0.2, 0) is 20.9 Å². The van der Waals surface area contributed by atoms with E-state index in [-0.39, 0.29) is 22.4 Å². The minimum absolute atomic E-state index is 0.124. The summed E-state index contributed by atoms with van der Waals surface area (Å²) < 4.78 is 13.8. The fraction of sp³-hybridized carbons (Fsp3) is 0.471. The van der Waals surface area contributed by atoms with Gasteiger partial charge in [0.1, 0.15) is 12.4 Å². The molecule has 0 spiro atoms. The highest BCUT2D eigenvalue weighted by Crippen LogP contribution is 2.55. The molecule has 0 saturated heterocycles. The van der Waals surface area contributed by atoms with Crippen molar-refractivity contribution in [3.05, 3.63) is 85.1 Å². The van der Waals surface area contributed by atoms with Gasteiger partial charge in [0.25, 0.3) is 0 Å². The van der Waals surface area contributed by atoms with Gasteiger partial charge in [-0.3, -0.25) is 9.59 Å². The summed E-state index contributed by atoms with van der Waals surface area (Å²) in [6, 6.07) is 14.0. The van der Waals surface area contributed by atoms with E-state index < -0.39 is 5.92 Å². The van der Waals surface area contributed by atoms with Crippen LogP contribution in [0, 0.1) is 10.8 Å². The van der Waals surface area contributed by atoms with E-state index in [1.54, 1.807) is 7.11 Å². The van der Waals surface area contributed by atoms with Crippen molar-refractivity contribution in [2.45, 2.75) is 72.3 Å². The molecule has 0 bridgehead atoms. The van der Waals surface area contributed by atoms with Crippen molar-refractivity contribution in [1.82, 2.24) is 4.90 Å². The molecule has 1 aliphatic heterocycles. The number of nitrogens with zero attached hydrogens (tertiary/aromatic N) is 1. The summed E-state index contributed by atoms with van der Waals surface area (Å²) in [5, 5.41) is 0. The van der Waals surface area contributed by atoms with E-state index in [2.05, 4.69) is 64.5 Å². The van der Waals surface area contributed by atoms with E-state index >= 15 is 0 Å². The molecule has 3 aliphatic rings. The minimum Gasteiger partial charge on any atom is -0.489 e. The van der Waals surface area contributed by atoms with Gasteiger partial charge in [0, 0.05) is 81.6 Å². The van der Waals surface area contributed by atoms with Gasteiger partial charge in [-0.05, 0) is 54.4 Å². The molecule has 2 aromatic rings. The number of allylic oxidation sites excluding steroid dienone is 4. The van der Waals surface area contributed by atoms with E-state index in [9.17, 15) is 9.59 Å². The SMILES string of the molecule is COCCCN1C2=C(C(=O)CC(C)(C)C2)C(c2cc(Br)ccc2OCc2ccccc2Br)C2=C1CC(C)(C)CC2=O. The summed E-state index contributed by atoms with van der Waals surface area (Å²) in [5.74, 6) is 0.478. The van der Waals surface area contributed by atoms with Gasteiger partial charge >= 0.3 is 0 Å². The number of hydrogen-bond acceptors (Lipinski definition) is 5. The Morgan fingerprint density at radius 3 is 2.07 bits per heavy atom. The van der Waals surface area contributed by atoms with Gasteiger partial charge in [-0.1, -0.05) is 77.8 Å². The maximum absolute atomic E-state index is 14.1. The van der Waals surface area contributed by atoms with Gasteiger partial charge in [-0.25, -0.2) is 0 Å². The molecule has 0 saturated carbocycles. The van der Waals surface area contributed by atoms with E-state index in [4.69, 9.17) is 9.47 Å². The highest BCUT2D eigenvalue weighted by molar-refractivity contribution is 9.10. The number of ether oxygens (including phenoxy) is 2. The van der Waals surface area contributed by atoms with E-state index in [0.717, 1.165) is 68.4 Å². The number of methoxy groups -OCH3 is 1. The van der Waals surface area contributed by atoms with Crippen LogP contribution in [0.3, 0.4) is 0 Å². The summed E-state index contributed by atoms with van der Waals surface area (Å²) in [6.45, 7) is 10.4. The van der Waals surface area contributed by atoms with Crippen LogP contribution < -0.4 is 4.74 Å². The summed E-state index contributed by atoms with van der Waals surface area (Å²) in [5.41, 5.74) is 5.21. The number of carbonyl (C=O) groups is 2. The predicted molar refractivity (Wildman–Crippen MR) is 169 cm³/mol. The quantitative estimate of drug-likeness (QED) is 0.261. The number of rotatable bonds is 8. The van der Waals surface area contributed by atoms with Crippen LogP contribution in [0.1, 0.15) is 76.8 Å². The molecule has 2 aromatic carbocycles. The Labute approximate surface area is 260 Å². The first-order valence-electron chi connectivity index (χ1n) is 14.4. The van der Waals surface area contributed by atoms with Gasteiger partial charge in [0.05, 0.1) is 0 Å². The highest BCUT2D eigenvalue weighted by atomic mass is 79.9. The van der Waals surface area contributed by atoms with E-state index in [1.165, 1.54) is 0 Å². The maximum atomic E-state index is 14.1. The fourth-order valence-electron chi connectivity index (χ4n) is 6.64. The first-order valence-corrected chi connectivity index (χ1v) is 15.9. The number of ketones is 2. The number of carbonyl (C=O) groups excluding carboxylic acids is 2. The number of halogens is 2. The maximum Gasteiger partial charge on any atom is 0.162 e. The van der Waals surface area contributed by atoms with Crippen LogP contribution in [0.25, 0.3) is 0 Å². The zero-order valence-corrected chi connectivity index (χ0v) is 27.8. The van der Waals surface area contributed by atoms with Gasteiger partial charge in [-0.2, -0.15) is 0 Å². The molecule has 0 fully saturated rings. The van der Waals surface area contributed by atoms with Gasteiger partial charge in [0.2, 0.25) is 0 Å². The summed E-state index contributed by atoms with van der Waals surface area (Å²) in [7, 11) is 1.71. The van der Waals surface area contributed by atoms with Gasteiger partial charge in [0.15, 0.2) is 11.6 Å². The third-order valence-electron chi connectivity index (χ3n) is 8.38. The van der Waals surface area contributed by atoms with E-state index in [0.29, 0.717) is 31.8 Å². The Hall–Kier alpha value is -2.22. The predicted octanol–water partition coefficient (Wildman–Crippen LogP) is 8.51. The van der Waals surface area contributed by atoms with Crippen molar-refractivity contribution in [1.29, 1.82) is 0 Å². The van der Waals surface area contributed by atoms with Crippen molar-refractivity contribution in [2.75, 3.05) is 20.3 Å². The third-order valence-corrected chi connectivity index (χ3v) is 9.64. The molecule has 0 N–H and O–H groups in total. The number of Topliss-reactive ketones (excluding diaryl/α,β-unsaturated/α-hetero) is 2. The number of hydrogen-bond donors (Lipinski definition) is 0. The van der Waals surface area contributed by atoms with Crippen molar-refractivity contribution in [3.63, 3.8) is 0 Å². The Morgan fingerprint density at radius 1 is 0.878 bits per heavy atom. The first kappa shape index (κ1) is 30.2. The number of benzene rings is 2. The topological polar surface area (TPSA) is 55.8 Å². The standard InChI is InChI=1S/C34H39Br2NO4/c1-33(2)16-25-31(27(38)18-33)30(32-26(37(25)13-8-14-40-5)17-34(3,4)19-28(32)39)23-15-22(35)11-12-29(23)41-20-21-9-6-7-10-24(21)36/h6-7,9-12,15,30H,8,13-14,16-20H2,1-5H3. The van der Waals surface area contributed by atoms with Crippen LogP contribution in [0.15, 0.2) is 74.0 Å². The largest absolute Gasteiger partial charge is 0.489 e. The van der Waals surface area contributed by atoms with Crippen LogP contribution in [0.2, 0.25) is 0 Å². The van der Waals surface area contributed by atoms with Crippen LogP contribution in [0.5, 0.6) is 5.75 Å². The lowest BCUT2D eigenvalue weighted by Gasteiger charge is -2.49. The Kier molecular flexibility index (Phi) is 8.71. The molecule has 0 aromatic heterocycles. The second-order valence-electron chi connectivity index (χ2n) is 13.1. The minimum atomic E-state index is -0.461. The lowest BCUT2D eigenvalue weighted by molar-refractivity contribution is -0.119. The molecule has 41 heavy (non-hydrogen) atoms. The van der Waals surface area contributed by atoms with Crippen molar-refractivity contribution < 1.29 is 19.1 Å². The summed E-state index contributed by atoms with van der Waals surface area (Å²) in [6.07, 6.45) is 3.29. The molecular formula is C34H39Br2NO4. The molecule has 0 amide bonds.